The molecule has 0 atom stereocenters. The van der Waals surface area contributed by atoms with Gasteiger partial charge in [-0.2, -0.15) is 5.26 Å². The van der Waals surface area contributed by atoms with E-state index < -0.39 is 0 Å². The molecule has 21 heavy (non-hydrogen) atoms. The molecule has 0 spiro atoms. The first kappa shape index (κ1) is 15.1. The van der Waals surface area contributed by atoms with Crippen molar-refractivity contribution in [2.45, 2.75) is 6.92 Å². The highest BCUT2D eigenvalue weighted by atomic mass is 79.9. The number of carbonyl (C=O) groups is 1. The van der Waals surface area contributed by atoms with E-state index in [1.165, 1.54) is 0 Å². The van der Waals surface area contributed by atoms with E-state index >= 15 is 0 Å². The fourth-order valence-corrected chi connectivity index (χ4v) is 2.33. The van der Waals surface area contributed by atoms with Crippen molar-refractivity contribution in [1.29, 1.82) is 5.26 Å². The highest BCUT2D eigenvalue weighted by Gasteiger charge is 2.13. The third-order valence-electron chi connectivity index (χ3n) is 3.04. The summed E-state index contributed by atoms with van der Waals surface area (Å²) in [6.45, 7) is 1.96. The van der Waals surface area contributed by atoms with Gasteiger partial charge in [0.15, 0.2) is 0 Å². The van der Waals surface area contributed by atoms with Crippen LogP contribution in [0.15, 0.2) is 40.9 Å². The summed E-state index contributed by atoms with van der Waals surface area (Å²) in [7, 11) is 1.77. The van der Waals surface area contributed by atoms with E-state index in [9.17, 15) is 4.79 Å². The van der Waals surface area contributed by atoms with Gasteiger partial charge in [0.1, 0.15) is 6.07 Å². The molecule has 1 amide bonds. The average Bonchev–Trinajstić information content (AvgIpc) is 2.47. The Bertz CT molecular complexity index is 735. The zero-order valence-electron chi connectivity index (χ0n) is 11.7. The molecule has 0 aliphatic heterocycles. The van der Waals surface area contributed by atoms with Crippen molar-refractivity contribution in [1.82, 2.24) is 0 Å². The number of nitrogens with one attached hydrogen (secondary N) is 2. The lowest BCUT2D eigenvalue weighted by Crippen LogP contribution is -2.15. The zero-order valence-corrected chi connectivity index (χ0v) is 13.3. The molecule has 106 valence electrons. The maximum atomic E-state index is 12.4. The van der Waals surface area contributed by atoms with Gasteiger partial charge in [0.2, 0.25) is 0 Å². The van der Waals surface area contributed by atoms with Crippen LogP contribution in [0.3, 0.4) is 0 Å². The molecule has 0 bridgehead atoms. The Labute approximate surface area is 131 Å². The molecule has 0 fully saturated rings. The fraction of sp³-hybridized carbons (Fsp3) is 0.125. The summed E-state index contributed by atoms with van der Waals surface area (Å²) in [5.74, 6) is -0.256. The largest absolute Gasteiger partial charge is 0.387 e. The van der Waals surface area contributed by atoms with Crippen molar-refractivity contribution in [3.05, 3.63) is 57.6 Å². The van der Waals surface area contributed by atoms with Crippen LogP contribution in [0.25, 0.3) is 0 Å². The van der Waals surface area contributed by atoms with Crippen LogP contribution in [0, 0.1) is 18.3 Å². The quantitative estimate of drug-likeness (QED) is 0.887. The molecule has 0 aliphatic rings. The summed E-state index contributed by atoms with van der Waals surface area (Å²) in [6, 6.07) is 12.7. The van der Waals surface area contributed by atoms with Crippen LogP contribution in [0.4, 0.5) is 11.4 Å². The number of benzene rings is 2. The summed E-state index contributed by atoms with van der Waals surface area (Å²) in [5, 5.41) is 14.9. The van der Waals surface area contributed by atoms with Gasteiger partial charge in [-0.25, -0.2) is 0 Å². The van der Waals surface area contributed by atoms with Crippen LogP contribution < -0.4 is 10.6 Å². The number of carbonyl (C=O) groups excluding carboxylic acids is 1. The second-order valence-corrected chi connectivity index (χ2v) is 5.47. The number of halogens is 1. The number of hydrogen-bond acceptors (Lipinski definition) is 3. The molecule has 0 aliphatic carbocycles. The van der Waals surface area contributed by atoms with E-state index in [-0.39, 0.29) is 5.91 Å². The third kappa shape index (κ3) is 3.41. The number of nitriles is 1. The van der Waals surface area contributed by atoms with Gasteiger partial charge in [0.25, 0.3) is 5.91 Å². The number of rotatable bonds is 3. The topological polar surface area (TPSA) is 64.9 Å². The molecule has 0 heterocycles. The standard InChI is InChI=1S/C16H14BrN3O/c1-10-3-6-13(15(7-10)19-2)16(21)20-14-8-12(17)5-4-11(14)9-18/h3-8,19H,1-2H3,(H,20,21). The van der Waals surface area contributed by atoms with E-state index in [1.807, 2.05) is 19.1 Å². The lowest BCUT2D eigenvalue weighted by molar-refractivity contribution is 0.102. The van der Waals surface area contributed by atoms with Gasteiger partial charge in [0, 0.05) is 17.2 Å². The number of anilines is 2. The average molecular weight is 344 g/mol. The van der Waals surface area contributed by atoms with E-state index in [4.69, 9.17) is 5.26 Å². The summed E-state index contributed by atoms with van der Waals surface area (Å²) in [6.07, 6.45) is 0. The van der Waals surface area contributed by atoms with Crippen molar-refractivity contribution in [3.8, 4) is 6.07 Å². The van der Waals surface area contributed by atoms with Gasteiger partial charge in [-0.1, -0.05) is 22.0 Å². The molecule has 0 unspecified atom stereocenters. The molecule has 0 saturated heterocycles. The lowest BCUT2D eigenvalue weighted by atomic mass is 10.1. The SMILES string of the molecule is CNc1cc(C)ccc1C(=O)Nc1cc(Br)ccc1C#N. The first-order valence-electron chi connectivity index (χ1n) is 6.34. The first-order chi connectivity index (χ1) is 10.0. The molecule has 0 radical (unpaired) electrons. The van der Waals surface area contributed by atoms with Gasteiger partial charge in [-0.05, 0) is 42.8 Å². The van der Waals surface area contributed by atoms with Crippen LogP contribution in [0.1, 0.15) is 21.5 Å². The van der Waals surface area contributed by atoms with Crippen molar-refractivity contribution < 1.29 is 4.79 Å². The second kappa shape index (κ2) is 6.42. The molecular formula is C16H14BrN3O. The molecule has 2 aromatic carbocycles. The van der Waals surface area contributed by atoms with Crippen molar-refractivity contribution >= 4 is 33.2 Å². The van der Waals surface area contributed by atoms with E-state index in [1.54, 1.807) is 31.3 Å². The van der Waals surface area contributed by atoms with Gasteiger partial charge in [-0.3, -0.25) is 4.79 Å². The van der Waals surface area contributed by atoms with Gasteiger partial charge >= 0.3 is 0 Å². The summed E-state index contributed by atoms with van der Waals surface area (Å²) >= 11 is 3.34. The summed E-state index contributed by atoms with van der Waals surface area (Å²) in [4.78, 5) is 12.4. The molecule has 5 heteroatoms. The minimum absolute atomic E-state index is 0.256. The zero-order chi connectivity index (χ0) is 15.4. The number of hydrogen-bond donors (Lipinski definition) is 2. The van der Waals surface area contributed by atoms with E-state index in [0.29, 0.717) is 16.8 Å². The minimum Gasteiger partial charge on any atom is -0.387 e. The van der Waals surface area contributed by atoms with Gasteiger partial charge < -0.3 is 10.6 Å². The van der Waals surface area contributed by atoms with Crippen molar-refractivity contribution in [2.24, 2.45) is 0 Å². The van der Waals surface area contributed by atoms with Crippen molar-refractivity contribution in [3.63, 3.8) is 0 Å². The van der Waals surface area contributed by atoms with Gasteiger partial charge in [-0.15, -0.1) is 0 Å². The third-order valence-corrected chi connectivity index (χ3v) is 3.53. The van der Waals surface area contributed by atoms with Gasteiger partial charge in [0.05, 0.1) is 16.8 Å². The second-order valence-electron chi connectivity index (χ2n) is 4.55. The van der Waals surface area contributed by atoms with E-state index in [2.05, 4.69) is 32.6 Å². The Morgan fingerprint density at radius 3 is 2.62 bits per heavy atom. The highest BCUT2D eigenvalue weighted by Crippen LogP contribution is 2.23. The maximum Gasteiger partial charge on any atom is 0.257 e. The molecule has 4 nitrogen and oxygen atoms in total. The molecule has 2 rings (SSSR count). The van der Waals surface area contributed by atoms with Crippen LogP contribution in [0.5, 0.6) is 0 Å². The predicted octanol–water partition coefficient (Wildman–Crippen LogP) is 3.92. The van der Waals surface area contributed by atoms with Crippen LogP contribution in [0.2, 0.25) is 0 Å². The Kier molecular flexibility index (Phi) is 4.61. The Hall–Kier alpha value is -2.32. The minimum atomic E-state index is -0.256. The Balaban J connectivity index is 2.35. The Morgan fingerprint density at radius 1 is 1.19 bits per heavy atom. The number of nitrogens with zero attached hydrogens (tertiary/aromatic N) is 1. The van der Waals surface area contributed by atoms with E-state index in [0.717, 1.165) is 15.7 Å². The first-order valence-corrected chi connectivity index (χ1v) is 7.14. The number of aryl methyl sites for hydroxylation is 1. The molecule has 0 saturated carbocycles. The molecule has 2 N–H and O–H groups in total. The molecule has 0 aromatic heterocycles. The fourth-order valence-electron chi connectivity index (χ4n) is 1.97. The predicted molar refractivity (Wildman–Crippen MR) is 87.5 cm³/mol. The van der Waals surface area contributed by atoms with Crippen molar-refractivity contribution in [2.75, 3.05) is 17.7 Å². The van der Waals surface area contributed by atoms with Crippen LogP contribution in [-0.2, 0) is 0 Å². The lowest BCUT2D eigenvalue weighted by Gasteiger charge is -2.12. The monoisotopic (exact) mass is 343 g/mol. The summed E-state index contributed by atoms with van der Waals surface area (Å²) < 4.78 is 0.801. The molecular weight excluding hydrogens is 330 g/mol. The van der Waals surface area contributed by atoms with Crippen LogP contribution in [-0.4, -0.2) is 13.0 Å². The van der Waals surface area contributed by atoms with Crippen LogP contribution >= 0.6 is 15.9 Å². The normalized spacial score (nSPS) is 9.81. The summed E-state index contributed by atoms with van der Waals surface area (Å²) in [5.41, 5.74) is 3.26. The smallest absolute Gasteiger partial charge is 0.257 e. The molecule has 2 aromatic rings. The Morgan fingerprint density at radius 2 is 1.95 bits per heavy atom. The highest BCUT2D eigenvalue weighted by molar-refractivity contribution is 9.10. The number of amides is 1. The maximum absolute atomic E-state index is 12.4.